The summed E-state index contributed by atoms with van der Waals surface area (Å²) >= 11 is 0. The Kier molecular flexibility index (Phi) is 12.1. The van der Waals surface area contributed by atoms with E-state index in [-0.39, 0.29) is 12.2 Å². The average Bonchev–Trinajstić information content (AvgIpc) is 2.25. The molecule has 0 N–H and O–H groups in total. The quantitative estimate of drug-likeness (QED) is 0.300. The molecule has 0 saturated heterocycles. The molecule has 0 aliphatic carbocycles. The van der Waals surface area contributed by atoms with E-state index in [1.165, 1.54) is 0 Å². The highest BCUT2D eigenvalue weighted by molar-refractivity contribution is 4.37. The van der Waals surface area contributed by atoms with Crippen molar-refractivity contribution in [2.75, 3.05) is 39.6 Å². The minimum atomic E-state index is 0.0827. The van der Waals surface area contributed by atoms with Gasteiger partial charge in [-0.2, -0.15) is 0 Å². The first-order valence-corrected chi connectivity index (χ1v) is 6.18. The summed E-state index contributed by atoms with van der Waals surface area (Å²) in [5.41, 5.74) is 0. The molecule has 0 aromatic carbocycles. The lowest BCUT2D eigenvalue weighted by Gasteiger charge is -2.09. The van der Waals surface area contributed by atoms with Crippen LogP contribution in [0.2, 0.25) is 0 Å². The fourth-order valence-electron chi connectivity index (χ4n) is 0.942. The van der Waals surface area contributed by atoms with Gasteiger partial charge in [0.1, 0.15) is 6.61 Å². The largest absolute Gasteiger partial charge is 0.377 e. The summed E-state index contributed by atoms with van der Waals surface area (Å²) in [6, 6.07) is 0. The second-order valence-corrected chi connectivity index (χ2v) is 4.11. The first-order valence-electron chi connectivity index (χ1n) is 6.18. The van der Waals surface area contributed by atoms with Crippen molar-refractivity contribution in [3.63, 3.8) is 0 Å². The van der Waals surface area contributed by atoms with Crippen molar-refractivity contribution < 1.29 is 24.0 Å². The highest BCUT2D eigenvalue weighted by Gasteiger charge is 1.95. The van der Waals surface area contributed by atoms with Crippen molar-refractivity contribution in [3.05, 3.63) is 0 Å². The molecule has 0 amide bonds. The van der Waals surface area contributed by atoms with Crippen molar-refractivity contribution in [2.45, 2.75) is 39.9 Å². The van der Waals surface area contributed by atoms with Gasteiger partial charge < -0.3 is 14.2 Å². The molecular formula is C12H26O5. The van der Waals surface area contributed by atoms with Crippen LogP contribution in [-0.2, 0) is 24.0 Å². The molecule has 0 unspecified atom stereocenters. The van der Waals surface area contributed by atoms with Crippen LogP contribution in [0.1, 0.15) is 27.7 Å². The van der Waals surface area contributed by atoms with Crippen LogP contribution < -0.4 is 0 Å². The van der Waals surface area contributed by atoms with E-state index in [0.717, 1.165) is 0 Å². The van der Waals surface area contributed by atoms with Crippen molar-refractivity contribution >= 4 is 0 Å². The van der Waals surface area contributed by atoms with Crippen molar-refractivity contribution in [2.24, 2.45) is 0 Å². The normalized spacial score (nSPS) is 11.6. The molecule has 0 fully saturated rings. The molecule has 5 nitrogen and oxygen atoms in total. The standard InChI is InChI=1S/C12H26O5/c1-11(2)15-9-7-13-5-6-14-8-10-16-17-12(3)4/h11-12H,5-10H2,1-4H3. The third-order valence-electron chi connectivity index (χ3n) is 1.62. The molecule has 0 aromatic rings. The maximum atomic E-state index is 5.32. The Bertz CT molecular complexity index is 134. The third kappa shape index (κ3) is 15.8. The molecule has 0 aliphatic heterocycles. The fraction of sp³-hybridized carbons (Fsp3) is 1.00. The Labute approximate surface area is 104 Å². The molecule has 104 valence electrons. The Morgan fingerprint density at radius 2 is 1.18 bits per heavy atom. The van der Waals surface area contributed by atoms with E-state index in [0.29, 0.717) is 39.6 Å². The van der Waals surface area contributed by atoms with Crippen LogP contribution >= 0.6 is 0 Å². The van der Waals surface area contributed by atoms with Gasteiger partial charge in [-0.05, 0) is 27.7 Å². The second kappa shape index (κ2) is 12.3. The van der Waals surface area contributed by atoms with Crippen LogP contribution in [0.5, 0.6) is 0 Å². The summed E-state index contributed by atoms with van der Waals surface area (Å²) in [6.45, 7) is 11.1. The molecular weight excluding hydrogens is 224 g/mol. The molecule has 0 radical (unpaired) electrons. The minimum Gasteiger partial charge on any atom is -0.377 e. The van der Waals surface area contributed by atoms with Gasteiger partial charge in [0, 0.05) is 0 Å². The zero-order valence-electron chi connectivity index (χ0n) is 11.4. The number of hydrogen-bond acceptors (Lipinski definition) is 5. The van der Waals surface area contributed by atoms with Crippen LogP contribution in [-0.4, -0.2) is 51.8 Å². The van der Waals surface area contributed by atoms with E-state index in [9.17, 15) is 0 Å². The average molecular weight is 250 g/mol. The van der Waals surface area contributed by atoms with Crippen LogP contribution in [0.25, 0.3) is 0 Å². The Hall–Kier alpha value is -0.200. The summed E-state index contributed by atoms with van der Waals surface area (Å²) in [5.74, 6) is 0. The highest BCUT2D eigenvalue weighted by Crippen LogP contribution is 1.89. The zero-order chi connectivity index (χ0) is 12.9. The zero-order valence-corrected chi connectivity index (χ0v) is 11.4. The summed E-state index contributed by atoms with van der Waals surface area (Å²) in [7, 11) is 0. The summed E-state index contributed by atoms with van der Waals surface area (Å²) in [6.07, 6.45) is 0.340. The Morgan fingerprint density at radius 3 is 1.71 bits per heavy atom. The predicted molar refractivity (Wildman–Crippen MR) is 64.9 cm³/mol. The molecule has 5 heteroatoms. The molecule has 0 heterocycles. The van der Waals surface area contributed by atoms with Crippen LogP contribution in [0, 0.1) is 0 Å². The van der Waals surface area contributed by atoms with Gasteiger partial charge in [0.2, 0.25) is 0 Å². The maximum absolute atomic E-state index is 5.32. The first kappa shape index (κ1) is 16.8. The van der Waals surface area contributed by atoms with Gasteiger partial charge in [-0.3, -0.25) is 0 Å². The van der Waals surface area contributed by atoms with E-state index >= 15 is 0 Å². The molecule has 0 bridgehead atoms. The SMILES string of the molecule is CC(C)OCCOCCOCCOOC(C)C. The van der Waals surface area contributed by atoms with E-state index in [1.54, 1.807) is 0 Å². The van der Waals surface area contributed by atoms with Crippen LogP contribution in [0.4, 0.5) is 0 Å². The van der Waals surface area contributed by atoms with Gasteiger partial charge in [0.05, 0.1) is 45.2 Å². The number of rotatable bonds is 12. The van der Waals surface area contributed by atoms with Gasteiger partial charge in [-0.15, -0.1) is 0 Å². The van der Waals surface area contributed by atoms with Gasteiger partial charge in [-0.1, -0.05) is 0 Å². The molecule has 0 saturated carbocycles. The van der Waals surface area contributed by atoms with Gasteiger partial charge in [0.25, 0.3) is 0 Å². The first-order chi connectivity index (χ1) is 8.13. The molecule has 0 aliphatic rings. The lowest BCUT2D eigenvalue weighted by Crippen LogP contribution is -2.14. The number of hydrogen-bond donors (Lipinski definition) is 0. The van der Waals surface area contributed by atoms with E-state index in [1.807, 2.05) is 27.7 Å². The monoisotopic (exact) mass is 250 g/mol. The third-order valence-corrected chi connectivity index (χ3v) is 1.62. The Balaban J connectivity index is 2.94. The maximum Gasteiger partial charge on any atom is 0.106 e. The highest BCUT2D eigenvalue weighted by atomic mass is 17.2. The molecule has 0 aromatic heterocycles. The van der Waals surface area contributed by atoms with Crippen LogP contribution in [0.15, 0.2) is 0 Å². The molecule has 17 heavy (non-hydrogen) atoms. The second-order valence-electron chi connectivity index (χ2n) is 4.11. The van der Waals surface area contributed by atoms with Gasteiger partial charge >= 0.3 is 0 Å². The van der Waals surface area contributed by atoms with E-state index in [4.69, 9.17) is 24.0 Å². The lowest BCUT2D eigenvalue weighted by atomic mass is 10.5. The Morgan fingerprint density at radius 1 is 0.647 bits per heavy atom. The van der Waals surface area contributed by atoms with Crippen molar-refractivity contribution in [1.29, 1.82) is 0 Å². The van der Waals surface area contributed by atoms with E-state index in [2.05, 4.69) is 0 Å². The van der Waals surface area contributed by atoms with Crippen molar-refractivity contribution in [1.82, 2.24) is 0 Å². The summed E-state index contributed by atoms with van der Waals surface area (Å²) < 4.78 is 15.9. The summed E-state index contributed by atoms with van der Waals surface area (Å²) in [5, 5.41) is 0. The van der Waals surface area contributed by atoms with Gasteiger partial charge in [-0.25, -0.2) is 9.78 Å². The topological polar surface area (TPSA) is 46.2 Å². The number of ether oxygens (including phenoxy) is 3. The smallest absolute Gasteiger partial charge is 0.106 e. The molecule has 0 spiro atoms. The lowest BCUT2D eigenvalue weighted by molar-refractivity contribution is -0.320. The fourth-order valence-corrected chi connectivity index (χ4v) is 0.942. The minimum absolute atomic E-state index is 0.0827. The van der Waals surface area contributed by atoms with Gasteiger partial charge in [0.15, 0.2) is 0 Å². The predicted octanol–water partition coefficient (Wildman–Crippen LogP) is 1.80. The van der Waals surface area contributed by atoms with E-state index < -0.39 is 0 Å². The van der Waals surface area contributed by atoms with Crippen LogP contribution in [0.3, 0.4) is 0 Å². The molecule has 0 rings (SSSR count). The molecule has 0 atom stereocenters. The van der Waals surface area contributed by atoms with Crippen molar-refractivity contribution in [3.8, 4) is 0 Å². The summed E-state index contributed by atoms with van der Waals surface area (Å²) in [4.78, 5) is 9.78.